The third-order valence-corrected chi connectivity index (χ3v) is 4.67. The van der Waals surface area contributed by atoms with Gasteiger partial charge in [0, 0.05) is 15.8 Å². The molecule has 0 aliphatic carbocycles. The molecule has 0 bridgehead atoms. The first-order valence-corrected chi connectivity index (χ1v) is 8.40. The Morgan fingerprint density at radius 1 is 1.39 bits per heavy atom. The number of hydrogen-bond acceptors (Lipinski definition) is 4. The Bertz CT molecular complexity index is 412. The minimum absolute atomic E-state index is 0.651. The molecule has 1 heterocycles. The second kappa shape index (κ2) is 6.53. The largest absolute Gasteiger partial charge is 0.335 e. The summed E-state index contributed by atoms with van der Waals surface area (Å²) in [5.41, 5.74) is 1.13. The summed E-state index contributed by atoms with van der Waals surface area (Å²) in [4.78, 5) is 5.86. The molecule has 1 aromatic carbocycles. The first kappa shape index (κ1) is 13.8. The van der Waals surface area contributed by atoms with E-state index in [9.17, 15) is 0 Å². The zero-order chi connectivity index (χ0) is 13.0. The number of rotatable bonds is 4. The Morgan fingerprint density at radius 3 is 2.72 bits per heavy atom. The maximum atomic E-state index is 4.57. The van der Waals surface area contributed by atoms with Crippen LogP contribution in [0.3, 0.4) is 0 Å². The first-order valence-electron chi connectivity index (χ1n) is 6.29. The van der Waals surface area contributed by atoms with Gasteiger partial charge in [-0.1, -0.05) is 25.6 Å². The highest BCUT2D eigenvalue weighted by molar-refractivity contribution is 8.15. The van der Waals surface area contributed by atoms with Gasteiger partial charge in [0.25, 0.3) is 0 Å². The SMILES string of the molecule is CSc1ccc(NC2=NCC(CC(C)C)S2)cc1. The smallest absolute Gasteiger partial charge is 0.161 e. The van der Waals surface area contributed by atoms with Gasteiger partial charge in [0.2, 0.25) is 0 Å². The number of thioether (sulfide) groups is 2. The zero-order valence-corrected chi connectivity index (χ0v) is 12.8. The molecule has 0 saturated carbocycles. The molecule has 1 aromatic rings. The van der Waals surface area contributed by atoms with Crippen molar-refractivity contribution in [1.29, 1.82) is 0 Å². The topological polar surface area (TPSA) is 24.4 Å². The van der Waals surface area contributed by atoms with Crippen LogP contribution >= 0.6 is 23.5 Å². The van der Waals surface area contributed by atoms with Gasteiger partial charge in [-0.2, -0.15) is 0 Å². The monoisotopic (exact) mass is 280 g/mol. The highest BCUT2D eigenvalue weighted by Gasteiger charge is 2.20. The third kappa shape index (κ3) is 3.95. The van der Waals surface area contributed by atoms with E-state index in [0.717, 1.165) is 23.3 Å². The van der Waals surface area contributed by atoms with Gasteiger partial charge in [0.05, 0.1) is 6.54 Å². The maximum Gasteiger partial charge on any atom is 0.161 e. The fourth-order valence-corrected chi connectivity index (χ4v) is 3.61. The van der Waals surface area contributed by atoms with Crippen LogP contribution in [-0.2, 0) is 0 Å². The molecule has 1 N–H and O–H groups in total. The van der Waals surface area contributed by atoms with Crippen molar-refractivity contribution in [3.8, 4) is 0 Å². The maximum absolute atomic E-state index is 4.57. The standard InChI is InChI=1S/C14H20N2S2/c1-10(2)8-13-9-15-14(18-13)16-11-4-6-12(17-3)7-5-11/h4-7,10,13H,8-9H2,1-3H3,(H,15,16). The van der Waals surface area contributed by atoms with Crippen molar-refractivity contribution in [1.82, 2.24) is 0 Å². The molecule has 0 radical (unpaired) electrons. The number of aliphatic imine (C=N–C) groups is 1. The summed E-state index contributed by atoms with van der Waals surface area (Å²) in [6, 6.07) is 8.51. The van der Waals surface area contributed by atoms with E-state index in [2.05, 4.69) is 54.7 Å². The fraction of sp³-hybridized carbons (Fsp3) is 0.500. The summed E-state index contributed by atoms with van der Waals surface area (Å²) < 4.78 is 0. The molecule has 1 atom stereocenters. The Hall–Kier alpha value is -0.610. The molecule has 2 rings (SSSR count). The molecule has 0 fully saturated rings. The number of hydrogen-bond donors (Lipinski definition) is 1. The Labute approximate surface area is 118 Å². The van der Waals surface area contributed by atoms with Crippen LogP contribution in [-0.4, -0.2) is 23.2 Å². The molecular formula is C14H20N2S2. The Balaban J connectivity index is 1.87. The molecule has 0 saturated heterocycles. The van der Waals surface area contributed by atoms with Crippen LogP contribution in [0.15, 0.2) is 34.2 Å². The van der Waals surface area contributed by atoms with Gasteiger partial charge in [-0.25, -0.2) is 0 Å². The quantitative estimate of drug-likeness (QED) is 0.830. The number of benzene rings is 1. The van der Waals surface area contributed by atoms with Gasteiger partial charge in [-0.15, -0.1) is 11.8 Å². The highest BCUT2D eigenvalue weighted by atomic mass is 32.2. The summed E-state index contributed by atoms with van der Waals surface area (Å²) in [6.45, 7) is 5.49. The predicted octanol–water partition coefficient (Wildman–Crippen LogP) is 4.34. The average Bonchev–Trinajstić information content (AvgIpc) is 2.76. The lowest BCUT2D eigenvalue weighted by Gasteiger charge is -2.11. The lowest BCUT2D eigenvalue weighted by molar-refractivity contribution is 0.575. The number of anilines is 1. The van der Waals surface area contributed by atoms with E-state index in [4.69, 9.17) is 0 Å². The first-order chi connectivity index (χ1) is 8.67. The Morgan fingerprint density at radius 2 is 2.11 bits per heavy atom. The summed E-state index contributed by atoms with van der Waals surface area (Å²) in [6.07, 6.45) is 3.33. The fourth-order valence-electron chi connectivity index (χ4n) is 1.93. The number of nitrogens with one attached hydrogen (secondary N) is 1. The minimum atomic E-state index is 0.651. The molecule has 1 aliphatic heterocycles. The van der Waals surface area contributed by atoms with Gasteiger partial charge in [-0.3, -0.25) is 4.99 Å². The van der Waals surface area contributed by atoms with E-state index in [1.807, 2.05) is 11.8 Å². The lowest BCUT2D eigenvalue weighted by atomic mass is 10.1. The van der Waals surface area contributed by atoms with Crippen LogP contribution in [0.5, 0.6) is 0 Å². The molecule has 0 spiro atoms. The third-order valence-electron chi connectivity index (χ3n) is 2.79. The molecule has 2 nitrogen and oxygen atoms in total. The number of nitrogens with zero attached hydrogens (tertiary/aromatic N) is 1. The normalized spacial score (nSPS) is 19.1. The van der Waals surface area contributed by atoms with Crippen molar-refractivity contribution in [3.63, 3.8) is 0 Å². The highest BCUT2D eigenvalue weighted by Crippen LogP contribution is 2.27. The van der Waals surface area contributed by atoms with Crippen LogP contribution < -0.4 is 5.32 Å². The van der Waals surface area contributed by atoms with Crippen LogP contribution in [0.25, 0.3) is 0 Å². The van der Waals surface area contributed by atoms with E-state index in [0.29, 0.717) is 5.25 Å². The molecular weight excluding hydrogens is 260 g/mol. The van der Waals surface area contributed by atoms with Crippen LogP contribution in [0.4, 0.5) is 5.69 Å². The molecule has 1 unspecified atom stereocenters. The van der Waals surface area contributed by atoms with Crippen LogP contribution in [0.1, 0.15) is 20.3 Å². The van der Waals surface area contributed by atoms with Crippen molar-refractivity contribution >= 4 is 34.4 Å². The summed E-state index contributed by atoms with van der Waals surface area (Å²) in [5.74, 6) is 0.748. The lowest BCUT2D eigenvalue weighted by Crippen LogP contribution is -2.09. The van der Waals surface area contributed by atoms with Crippen molar-refractivity contribution < 1.29 is 0 Å². The second-order valence-electron chi connectivity index (χ2n) is 4.87. The van der Waals surface area contributed by atoms with Crippen molar-refractivity contribution in [3.05, 3.63) is 24.3 Å². The molecule has 1 aliphatic rings. The zero-order valence-electron chi connectivity index (χ0n) is 11.1. The van der Waals surface area contributed by atoms with Crippen LogP contribution in [0.2, 0.25) is 0 Å². The van der Waals surface area contributed by atoms with E-state index in [1.165, 1.54) is 11.3 Å². The predicted molar refractivity (Wildman–Crippen MR) is 85.0 cm³/mol. The van der Waals surface area contributed by atoms with E-state index in [-0.39, 0.29) is 0 Å². The molecule has 98 valence electrons. The van der Waals surface area contributed by atoms with Crippen LogP contribution in [0, 0.1) is 5.92 Å². The number of amidine groups is 1. The molecule has 0 aromatic heterocycles. The Kier molecular flexibility index (Phi) is 5.01. The summed E-state index contributed by atoms with van der Waals surface area (Å²) in [7, 11) is 0. The van der Waals surface area contributed by atoms with Crippen molar-refractivity contribution in [2.75, 3.05) is 18.1 Å². The summed E-state index contributed by atoms with van der Waals surface area (Å²) >= 11 is 3.64. The molecule has 18 heavy (non-hydrogen) atoms. The van der Waals surface area contributed by atoms with Gasteiger partial charge >= 0.3 is 0 Å². The minimum Gasteiger partial charge on any atom is -0.335 e. The second-order valence-corrected chi connectivity index (χ2v) is 7.04. The van der Waals surface area contributed by atoms with Gasteiger partial charge in [0.1, 0.15) is 0 Å². The van der Waals surface area contributed by atoms with E-state index < -0.39 is 0 Å². The van der Waals surface area contributed by atoms with E-state index in [1.54, 1.807) is 11.8 Å². The van der Waals surface area contributed by atoms with Crippen molar-refractivity contribution in [2.24, 2.45) is 10.9 Å². The van der Waals surface area contributed by atoms with Crippen molar-refractivity contribution in [2.45, 2.75) is 30.4 Å². The van der Waals surface area contributed by atoms with Gasteiger partial charge < -0.3 is 5.32 Å². The van der Waals surface area contributed by atoms with E-state index >= 15 is 0 Å². The van der Waals surface area contributed by atoms with Gasteiger partial charge in [0.15, 0.2) is 5.17 Å². The average molecular weight is 280 g/mol. The molecule has 4 heteroatoms. The van der Waals surface area contributed by atoms with Gasteiger partial charge in [-0.05, 0) is 42.9 Å². The summed E-state index contributed by atoms with van der Waals surface area (Å²) in [5, 5.41) is 5.12. The molecule has 0 amide bonds.